The molecule has 0 spiro atoms. The lowest BCUT2D eigenvalue weighted by molar-refractivity contribution is 0.269. The molecule has 0 aromatic carbocycles. The highest BCUT2D eigenvalue weighted by molar-refractivity contribution is 7.13. The normalized spacial score (nSPS) is 17.7. The van der Waals surface area contributed by atoms with E-state index in [1.54, 1.807) is 0 Å². The summed E-state index contributed by atoms with van der Waals surface area (Å²) in [6.07, 6.45) is 5.65. The topological polar surface area (TPSA) is 42.1 Å². The third-order valence-corrected chi connectivity index (χ3v) is 3.77. The lowest BCUT2D eigenvalue weighted by Gasteiger charge is -2.19. The van der Waals surface area contributed by atoms with E-state index in [0.717, 1.165) is 18.2 Å². The van der Waals surface area contributed by atoms with Crippen LogP contribution in [0.3, 0.4) is 0 Å². The summed E-state index contributed by atoms with van der Waals surface area (Å²) in [6.45, 7) is 2.14. The Labute approximate surface area is 95.3 Å². The van der Waals surface area contributed by atoms with E-state index in [1.807, 2.05) is 0 Å². The minimum absolute atomic E-state index is 0.680. The first kappa shape index (κ1) is 10.9. The summed E-state index contributed by atoms with van der Waals surface area (Å²) in [5.41, 5.74) is 6.72. The average molecular weight is 225 g/mol. The second-order valence-corrected chi connectivity index (χ2v) is 5.41. The molecule has 2 N–H and O–H groups in total. The summed E-state index contributed by atoms with van der Waals surface area (Å²) in [5, 5.41) is 2.74. The van der Waals surface area contributed by atoms with Crippen LogP contribution in [0.15, 0.2) is 5.38 Å². The summed E-state index contributed by atoms with van der Waals surface area (Å²) in [4.78, 5) is 6.65. The van der Waals surface area contributed by atoms with Gasteiger partial charge in [-0.05, 0) is 25.8 Å². The first-order valence-corrected chi connectivity index (χ1v) is 6.50. The monoisotopic (exact) mass is 225 g/mol. The van der Waals surface area contributed by atoms with E-state index in [2.05, 4.69) is 22.3 Å². The second kappa shape index (κ2) is 4.94. The lowest BCUT2D eigenvalue weighted by Crippen LogP contribution is -2.24. The van der Waals surface area contributed by atoms with E-state index in [0.29, 0.717) is 5.13 Å². The summed E-state index contributed by atoms with van der Waals surface area (Å²) in [7, 11) is 2.17. The molecule has 84 valence electrons. The van der Waals surface area contributed by atoms with Crippen LogP contribution in [0.1, 0.15) is 31.4 Å². The molecule has 4 heteroatoms. The molecule has 1 heterocycles. The molecular formula is C11H19N3S. The number of rotatable bonds is 4. The first-order chi connectivity index (χ1) is 7.24. The standard InChI is InChI=1S/C11H19N3S/c1-14(6-9-4-2-3-5-9)7-10-8-15-11(12)13-10/h8-9H,2-7H2,1H3,(H2,12,13). The molecule has 15 heavy (non-hydrogen) atoms. The molecule has 0 atom stereocenters. The van der Waals surface area contributed by atoms with Crippen LogP contribution in [0, 0.1) is 5.92 Å². The molecule has 0 aliphatic heterocycles. The van der Waals surface area contributed by atoms with Gasteiger partial charge in [-0.2, -0.15) is 0 Å². The Bertz CT molecular complexity index is 305. The Morgan fingerprint density at radius 3 is 2.87 bits per heavy atom. The minimum atomic E-state index is 0.680. The summed E-state index contributed by atoms with van der Waals surface area (Å²) in [6, 6.07) is 0. The van der Waals surface area contributed by atoms with Crippen LogP contribution < -0.4 is 5.73 Å². The van der Waals surface area contributed by atoms with Gasteiger partial charge >= 0.3 is 0 Å². The van der Waals surface area contributed by atoms with Crippen LogP contribution in [0.2, 0.25) is 0 Å². The maximum atomic E-state index is 5.61. The Morgan fingerprint density at radius 2 is 2.27 bits per heavy atom. The summed E-state index contributed by atoms with van der Waals surface area (Å²) in [5.74, 6) is 0.908. The van der Waals surface area contributed by atoms with Gasteiger partial charge in [-0.1, -0.05) is 12.8 Å². The number of nitrogen functional groups attached to an aromatic ring is 1. The zero-order valence-corrected chi connectivity index (χ0v) is 10.1. The predicted molar refractivity (Wildman–Crippen MR) is 64.8 cm³/mol. The van der Waals surface area contributed by atoms with Crippen molar-refractivity contribution in [1.29, 1.82) is 0 Å². The largest absolute Gasteiger partial charge is 0.375 e. The van der Waals surface area contributed by atoms with Gasteiger partial charge in [0.05, 0.1) is 5.69 Å². The molecule has 0 amide bonds. The van der Waals surface area contributed by atoms with Crippen LogP contribution in [-0.2, 0) is 6.54 Å². The highest BCUT2D eigenvalue weighted by Crippen LogP contribution is 2.25. The number of thiazole rings is 1. The molecule has 0 radical (unpaired) electrons. The fourth-order valence-electron chi connectivity index (χ4n) is 2.37. The smallest absolute Gasteiger partial charge is 0.180 e. The van der Waals surface area contributed by atoms with Crippen molar-refractivity contribution in [2.24, 2.45) is 5.92 Å². The van der Waals surface area contributed by atoms with Gasteiger partial charge in [0.25, 0.3) is 0 Å². The van der Waals surface area contributed by atoms with Gasteiger partial charge in [-0.3, -0.25) is 0 Å². The number of aromatic nitrogens is 1. The zero-order valence-electron chi connectivity index (χ0n) is 9.28. The predicted octanol–water partition coefficient (Wildman–Crippen LogP) is 2.35. The van der Waals surface area contributed by atoms with E-state index >= 15 is 0 Å². The van der Waals surface area contributed by atoms with Gasteiger partial charge in [0, 0.05) is 18.5 Å². The molecule has 0 bridgehead atoms. The number of nitrogens with zero attached hydrogens (tertiary/aromatic N) is 2. The van der Waals surface area contributed by atoms with Crippen LogP contribution in [0.5, 0.6) is 0 Å². The van der Waals surface area contributed by atoms with Crippen molar-refractivity contribution in [2.45, 2.75) is 32.2 Å². The van der Waals surface area contributed by atoms with E-state index < -0.39 is 0 Å². The fourth-order valence-corrected chi connectivity index (χ4v) is 2.92. The van der Waals surface area contributed by atoms with Crippen LogP contribution in [-0.4, -0.2) is 23.5 Å². The van der Waals surface area contributed by atoms with Crippen LogP contribution in [0.4, 0.5) is 5.13 Å². The molecule has 1 aliphatic carbocycles. The minimum Gasteiger partial charge on any atom is -0.375 e. The zero-order chi connectivity index (χ0) is 10.7. The number of nitrogens with two attached hydrogens (primary N) is 1. The van der Waals surface area contributed by atoms with E-state index in [1.165, 1.54) is 43.6 Å². The highest BCUT2D eigenvalue weighted by Gasteiger charge is 2.17. The molecule has 3 nitrogen and oxygen atoms in total. The highest BCUT2D eigenvalue weighted by atomic mass is 32.1. The molecule has 1 fully saturated rings. The summed E-state index contributed by atoms with van der Waals surface area (Å²) < 4.78 is 0. The average Bonchev–Trinajstić information content (AvgIpc) is 2.77. The molecule has 0 unspecified atom stereocenters. The molecule has 1 aromatic heterocycles. The molecule has 1 saturated carbocycles. The quantitative estimate of drug-likeness (QED) is 0.855. The van der Waals surface area contributed by atoms with Gasteiger partial charge < -0.3 is 10.6 Å². The summed E-state index contributed by atoms with van der Waals surface area (Å²) >= 11 is 1.53. The molecule has 0 saturated heterocycles. The third kappa shape index (κ3) is 3.18. The van der Waals surface area contributed by atoms with Gasteiger partial charge in [-0.15, -0.1) is 11.3 Å². The molecule has 2 rings (SSSR count). The van der Waals surface area contributed by atoms with Crippen molar-refractivity contribution in [2.75, 3.05) is 19.3 Å². The van der Waals surface area contributed by atoms with E-state index in [9.17, 15) is 0 Å². The Balaban J connectivity index is 1.78. The second-order valence-electron chi connectivity index (χ2n) is 4.52. The third-order valence-electron chi connectivity index (χ3n) is 3.05. The number of hydrogen-bond acceptors (Lipinski definition) is 4. The van der Waals surface area contributed by atoms with Gasteiger partial charge in [0.2, 0.25) is 0 Å². The van der Waals surface area contributed by atoms with Crippen LogP contribution >= 0.6 is 11.3 Å². The van der Waals surface area contributed by atoms with Crippen molar-refractivity contribution in [1.82, 2.24) is 9.88 Å². The Morgan fingerprint density at radius 1 is 1.53 bits per heavy atom. The Hall–Kier alpha value is -0.610. The maximum absolute atomic E-state index is 5.61. The van der Waals surface area contributed by atoms with Crippen molar-refractivity contribution in [3.63, 3.8) is 0 Å². The number of hydrogen-bond donors (Lipinski definition) is 1. The van der Waals surface area contributed by atoms with Crippen molar-refractivity contribution < 1.29 is 0 Å². The van der Waals surface area contributed by atoms with Crippen LogP contribution in [0.25, 0.3) is 0 Å². The first-order valence-electron chi connectivity index (χ1n) is 5.62. The fraction of sp³-hybridized carbons (Fsp3) is 0.727. The van der Waals surface area contributed by atoms with Gasteiger partial charge in [-0.25, -0.2) is 4.98 Å². The van der Waals surface area contributed by atoms with Gasteiger partial charge in [0.1, 0.15) is 0 Å². The maximum Gasteiger partial charge on any atom is 0.180 e. The Kier molecular flexibility index (Phi) is 3.59. The SMILES string of the molecule is CN(Cc1csc(N)n1)CC1CCCC1. The van der Waals surface area contributed by atoms with E-state index in [-0.39, 0.29) is 0 Å². The molecule has 1 aliphatic rings. The van der Waals surface area contributed by atoms with Gasteiger partial charge in [0.15, 0.2) is 5.13 Å². The molecular weight excluding hydrogens is 206 g/mol. The number of anilines is 1. The van der Waals surface area contributed by atoms with Crippen molar-refractivity contribution >= 4 is 16.5 Å². The van der Waals surface area contributed by atoms with Crippen molar-refractivity contribution in [3.8, 4) is 0 Å². The molecule has 1 aromatic rings. The lowest BCUT2D eigenvalue weighted by atomic mass is 10.1. The van der Waals surface area contributed by atoms with Crippen molar-refractivity contribution in [3.05, 3.63) is 11.1 Å². The van der Waals surface area contributed by atoms with E-state index in [4.69, 9.17) is 5.73 Å².